The maximum atomic E-state index is 11.5. The number of H-pyrrole nitrogens is 1. The van der Waals surface area contributed by atoms with E-state index in [1.54, 1.807) is 31.2 Å². The van der Waals surface area contributed by atoms with E-state index in [-0.39, 0.29) is 5.56 Å². The maximum absolute atomic E-state index is 11.5. The Bertz CT molecular complexity index is 659. The number of hydrogen-bond donors (Lipinski definition) is 2. The summed E-state index contributed by atoms with van der Waals surface area (Å²) in [5.41, 5.74) is 1.22. The molecule has 0 fully saturated rings. The second kappa shape index (κ2) is 4.66. The van der Waals surface area contributed by atoms with Crippen LogP contribution in [0.15, 0.2) is 35.1 Å². The monoisotopic (exact) mass is 263 g/mol. The molecule has 0 aliphatic heterocycles. The molecule has 0 amide bonds. The van der Waals surface area contributed by atoms with E-state index in [1.807, 2.05) is 0 Å². The number of benzene rings is 1. The number of carboxylic acid groups (broad SMARTS) is 1. The number of carboxylic acids is 1. The predicted octanol–water partition coefficient (Wildman–Crippen LogP) is 2.70. The van der Waals surface area contributed by atoms with Gasteiger partial charge in [0.15, 0.2) is 0 Å². The summed E-state index contributed by atoms with van der Waals surface area (Å²) in [5, 5.41) is 9.53. The highest BCUT2D eigenvalue weighted by Crippen LogP contribution is 2.23. The number of halogens is 1. The van der Waals surface area contributed by atoms with Gasteiger partial charge in [-0.2, -0.15) is 0 Å². The molecule has 0 aliphatic rings. The molecule has 0 atom stereocenters. The van der Waals surface area contributed by atoms with Gasteiger partial charge >= 0.3 is 5.97 Å². The first-order valence-electron chi connectivity index (χ1n) is 5.22. The van der Waals surface area contributed by atoms with E-state index in [9.17, 15) is 9.59 Å². The number of aromatic amines is 1. The fourth-order valence-corrected chi connectivity index (χ4v) is 1.84. The number of pyridine rings is 1. The van der Waals surface area contributed by atoms with Gasteiger partial charge in [-0.3, -0.25) is 4.79 Å². The minimum absolute atomic E-state index is 0.273. The Labute approximate surface area is 108 Å². The Hall–Kier alpha value is -2.07. The first-order chi connectivity index (χ1) is 8.49. The topological polar surface area (TPSA) is 70.2 Å². The number of nitrogens with one attached hydrogen (secondary N) is 1. The number of carbonyl (C=O) groups is 1. The lowest BCUT2D eigenvalue weighted by Gasteiger charge is -2.07. The fraction of sp³-hybridized carbons (Fsp3) is 0.0769. The van der Waals surface area contributed by atoms with Crippen molar-refractivity contribution in [2.45, 2.75) is 6.92 Å². The van der Waals surface area contributed by atoms with Crippen LogP contribution < -0.4 is 5.56 Å². The third-order valence-electron chi connectivity index (χ3n) is 2.62. The van der Waals surface area contributed by atoms with Crippen molar-refractivity contribution < 1.29 is 9.90 Å². The van der Waals surface area contributed by atoms with Crippen molar-refractivity contribution in [2.75, 3.05) is 0 Å². The first kappa shape index (κ1) is 12.4. The molecule has 2 N–H and O–H groups in total. The van der Waals surface area contributed by atoms with Crippen molar-refractivity contribution >= 4 is 17.6 Å². The Morgan fingerprint density at radius 2 is 1.89 bits per heavy atom. The zero-order valence-corrected chi connectivity index (χ0v) is 10.3. The average molecular weight is 264 g/mol. The Morgan fingerprint density at radius 3 is 2.44 bits per heavy atom. The Kier molecular flexibility index (Phi) is 3.21. The molecule has 0 unspecified atom stereocenters. The highest BCUT2D eigenvalue weighted by molar-refractivity contribution is 6.30. The van der Waals surface area contributed by atoms with Crippen molar-refractivity contribution in [1.29, 1.82) is 0 Å². The molecule has 18 heavy (non-hydrogen) atoms. The molecular formula is C13H10ClNO3. The van der Waals surface area contributed by atoms with Gasteiger partial charge in [0.25, 0.3) is 5.56 Å². The van der Waals surface area contributed by atoms with Gasteiger partial charge in [0.1, 0.15) is 5.56 Å². The SMILES string of the molecule is Cc1[nH]c(=O)c(C(=O)O)cc1-c1ccc(Cl)cc1. The minimum Gasteiger partial charge on any atom is -0.477 e. The molecule has 0 saturated carbocycles. The highest BCUT2D eigenvalue weighted by Gasteiger charge is 2.12. The van der Waals surface area contributed by atoms with E-state index in [0.29, 0.717) is 16.3 Å². The fourth-order valence-electron chi connectivity index (χ4n) is 1.71. The summed E-state index contributed by atoms with van der Waals surface area (Å²) in [4.78, 5) is 24.9. The minimum atomic E-state index is -1.24. The van der Waals surface area contributed by atoms with Crippen LogP contribution in [0, 0.1) is 6.92 Å². The summed E-state index contributed by atoms with van der Waals surface area (Å²) in [7, 11) is 0. The van der Waals surface area contributed by atoms with Crippen LogP contribution in [0.1, 0.15) is 16.1 Å². The average Bonchev–Trinajstić information content (AvgIpc) is 2.30. The summed E-state index contributed by atoms with van der Waals surface area (Å²) in [6.07, 6.45) is 0. The van der Waals surface area contributed by atoms with Crippen LogP contribution in [-0.2, 0) is 0 Å². The molecule has 0 aliphatic carbocycles. The summed E-state index contributed by atoms with van der Waals surface area (Å²) >= 11 is 5.79. The van der Waals surface area contributed by atoms with Crippen LogP contribution in [0.2, 0.25) is 5.02 Å². The van der Waals surface area contributed by atoms with E-state index in [2.05, 4.69) is 4.98 Å². The van der Waals surface area contributed by atoms with Crippen molar-refractivity contribution in [2.24, 2.45) is 0 Å². The van der Waals surface area contributed by atoms with E-state index in [1.165, 1.54) is 6.07 Å². The van der Waals surface area contributed by atoms with Crippen molar-refractivity contribution in [1.82, 2.24) is 4.98 Å². The van der Waals surface area contributed by atoms with Gasteiger partial charge in [0.05, 0.1) is 0 Å². The van der Waals surface area contributed by atoms with Crippen LogP contribution in [0.25, 0.3) is 11.1 Å². The standard InChI is InChI=1S/C13H10ClNO3/c1-7-10(8-2-4-9(14)5-3-8)6-11(13(17)18)12(16)15-7/h2-6H,1H3,(H,15,16)(H,17,18). The third kappa shape index (κ3) is 2.28. The summed E-state index contributed by atoms with van der Waals surface area (Å²) in [6, 6.07) is 8.34. The van der Waals surface area contributed by atoms with E-state index in [4.69, 9.17) is 16.7 Å². The van der Waals surface area contributed by atoms with Crippen LogP contribution >= 0.6 is 11.6 Å². The lowest BCUT2D eigenvalue weighted by molar-refractivity contribution is 0.0695. The number of aryl methyl sites for hydroxylation is 1. The number of hydrogen-bond acceptors (Lipinski definition) is 2. The van der Waals surface area contributed by atoms with Gasteiger partial charge in [-0.25, -0.2) is 4.79 Å². The summed E-state index contributed by atoms with van der Waals surface area (Å²) < 4.78 is 0. The smallest absolute Gasteiger partial charge is 0.341 e. The number of rotatable bonds is 2. The van der Waals surface area contributed by atoms with Crippen LogP contribution in [-0.4, -0.2) is 16.1 Å². The Balaban J connectivity index is 2.64. The van der Waals surface area contributed by atoms with Crippen molar-refractivity contribution in [3.05, 3.63) is 57.0 Å². The molecule has 1 aromatic heterocycles. The van der Waals surface area contributed by atoms with Gasteiger partial charge in [0.2, 0.25) is 0 Å². The van der Waals surface area contributed by atoms with E-state index >= 15 is 0 Å². The molecule has 2 aromatic rings. The van der Waals surface area contributed by atoms with Crippen molar-refractivity contribution in [3.63, 3.8) is 0 Å². The number of aromatic nitrogens is 1. The molecule has 92 valence electrons. The molecule has 1 aromatic carbocycles. The lowest BCUT2D eigenvalue weighted by Crippen LogP contribution is -2.18. The molecular weight excluding hydrogens is 254 g/mol. The summed E-state index contributed by atoms with van der Waals surface area (Å²) in [5.74, 6) is -1.24. The highest BCUT2D eigenvalue weighted by atomic mass is 35.5. The molecule has 4 nitrogen and oxygen atoms in total. The largest absolute Gasteiger partial charge is 0.477 e. The number of aromatic carboxylic acids is 1. The van der Waals surface area contributed by atoms with Gasteiger partial charge in [-0.05, 0) is 30.7 Å². The van der Waals surface area contributed by atoms with Crippen molar-refractivity contribution in [3.8, 4) is 11.1 Å². The molecule has 0 spiro atoms. The van der Waals surface area contributed by atoms with Crippen LogP contribution in [0.3, 0.4) is 0 Å². The van der Waals surface area contributed by atoms with Crippen LogP contribution in [0.4, 0.5) is 0 Å². The van der Waals surface area contributed by atoms with Gasteiger partial charge in [0, 0.05) is 16.3 Å². The zero-order valence-electron chi connectivity index (χ0n) is 9.53. The molecule has 0 bridgehead atoms. The van der Waals surface area contributed by atoms with Gasteiger partial charge in [-0.15, -0.1) is 0 Å². The van der Waals surface area contributed by atoms with Gasteiger partial charge < -0.3 is 10.1 Å². The zero-order chi connectivity index (χ0) is 13.3. The lowest BCUT2D eigenvalue weighted by atomic mass is 10.0. The van der Waals surface area contributed by atoms with Crippen LogP contribution in [0.5, 0.6) is 0 Å². The van der Waals surface area contributed by atoms with E-state index < -0.39 is 11.5 Å². The third-order valence-corrected chi connectivity index (χ3v) is 2.88. The molecule has 1 heterocycles. The normalized spacial score (nSPS) is 10.3. The maximum Gasteiger partial charge on any atom is 0.341 e. The predicted molar refractivity (Wildman–Crippen MR) is 69.2 cm³/mol. The molecule has 5 heteroatoms. The second-order valence-corrected chi connectivity index (χ2v) is 4.30. The van der Waals surface area contributed by atoms with E-state index in [0.717, 1.165) is 5.56 Å². The summed E-state index contributed by atoms with van der Waals surface area (Å²) in [6.45, 7) is 1.72. The molecule has 0 saturated heterocycles. The molecule has 0 radical (unpaired) electrons. The van der Waals surface area contributed by atoms with Gasteiger partial charge in [-0.1, -0.05) is 23.7 Å². The molecule has 2 rings (SSSR count). The first-order valence-corrected chi connectivity index (χ1v) is 5.60. The quantitative estimate of drug-likeness (QED) is 0.875. The Morgan fingerprint density at radius 1 is 1.28 bits per heavy atom. The second-order valence-electron chi connectivity index (χ2n) is 3.86.